The van der Waals surface area contributed by atoms with Crippen LogP contribution in [0.15, 0.2) is 101 Å². The number of benzene rings is 3. The van der Waals surface area contributed by atoms with E-state index in [1.54, 1.807) is 72.8 Å². The minimum absolute atomic E-state index is 0.00315. The maximum Gasteiger partial charge on any atom is 0.269 e. The first-order valence-electron chi connectivity index (χ1n) is 9.23. The molecule has 1 atom stereocenters. The second kappa shape index (κ2) is 7.83. The predicted octanol–water partition coefficient (Wildman–Crippen LogP) is 4.48. The summed E-state index contributed by atoms with van der Waals surface area (Å²) in [6, 6.07) is 22.6. The molecule has 0 fully saturated rings. The van der Waals surface area contributed by atoms with Gasteiger partial charge in [-0.15, -0.1) is 0 Å². The summed E-state index contributed by atoms with van der Waals surface area (Å²) >= 11 is 3.40. The molecule has 5 nitrogen and oxygen atoms in total. The fourth-order valence-electron chi connectivity index (χ4n) is 3.36. The number of nitrogens with zero attached hydrogens (tertiary/aromatic N) is 2. The van der Waals surface area contributed by atoms with Crippen LogP contribution >= 0.6 is 15.9 Å². The van der Waals surface area contributed by atoms with Crippen LogP contribution in [0.1, 0.15) is 22.5 Å². The van der Waals surface area contributed by atoms with E-state index in [1.165, 1.54) is 12.4 Å². The number of halogens is 1. The fourth-order valence-corrected chi connectivity index (χ4v) is 4.95. The van der Waals surface area contributed by atoms with Crippen molar-refractivity contribution in [2.45, 2.75) is 17.4 Å². The molecule has 0 aliphatic rings. The molecule has 3 aromatic carbocycles. The highest BCUT2D eigenvalue weighted by Gasteiger charge is 2.40. The number of hydrogen-bond acceptors (Lipinski definition) is 4. The molecule has 0 amide bonds. The maximum atomic E-state index is 13.4. The van der Waals surface area contributed by atoms with E-state index in [1.807, 2.05) is 13.0 Å². The first kappa shape index (κ1) is 20.5. The quantitative estimate of drug-likeness (QED) is 0.455. The molecule has 0 unspecified atom stereocenters. The van der Waals surface area contributed by atoms with Crippen molar-refractivity contribution in [3.63, 3.8) is 0 Å². The van der Waals surface area contributed by atoms with Gasteiger partial charge in [-0.05, 0) is 42.3 Å². The van der Waals surface area contributed by atoms with Crippen LogP contribution in [-0.4, -0.2) is 22.5 Å². The van der Waals surface area contributed by atoms with Gasteiger partial charge in [-0.2, -0.15) is 0 Å². The lowest BCUT2D eigenvalue weighted by molar-refractivity contribution is 0.115. The largest absolute Gasteiger partial charge is 0.373 e. The number of aromatic nitrogens is 2. The van der Waals surface area contributed by atoms with Gasteiger partial charge in [0, 0.05) is 16.9 Å². The third-order valence-electron chi connectivity index (χ3n) is 4.96. The third kappa shape index (κ3) is 3.49. The Labute approximate surface area is 183 Å². The van der Waals surface area contributed by atoms with Crippen LogP contribution in [0.5, 0.6) is 0 Å². The van der Waals surface area contributed by atoms with Gasteiger partial charge in [-0.3, -0.25) is 0 Å². The van der Waals surface area contributed by atoms with Crippen LogP contribution in [0.2, 0.25) is 0 Å². The Morgan fingerprint density at radius 3 is 2.13 bits per heavy atom. The van der Waals surface area contributed by atoms with Crippen molar-refractivity contribution in [1.82, 2.24) is 8.96 Å². The Balaban J connectivity index is 1.96. The van der Waals surface area contributed by atoms with Crippen molar-refractivity contribution < 1.29 is 13.5 Å². The number of aryl methyl sites for hydroxylation is 1. The summed E-state index contributed by atoms with van der Waals surface area (Å²) in [5.74, 6) is -0.00315. The van der Waals surface area contributed by atoms with E-state index in [4.69, 9.17) is 0 Å². The van der Waals surface area contributed by atoms with Crippen molar-refractivity contribution in [3.8, 4) is 0 Å². The Kier molecular flexibility index (Phi) is 5.36. The molecule has 0 aliphatic carbocycles. The van der Waals surface area contributed by atoms with Gasteiger partial charge >= 0.3 is 0 Å². The van der Waals surface area contributed by atoms with Crippen molar-refractivity contribution in [3.05, 3.63) is 118 Å². The van der Waals surface area contributed by atoms with Crippen molar-refractivity contribution in [2.24, 2.45) is 0 Å². The zero-order valence-corrected chi connectivity index (χ0v) is 18.5. The van der Waals surface area contributed by atoms with E-state index in [0.717, 1.165) is 14.0 Å². The molecule has 30 heavy (non-hydrogen) atoms. The Morgan fingerprint density at radius 2 is 1.50 bits per heavy atom. The molecule has 152 valence electrons. The Morgan fingerprint density at radius 1 is 0.900 bits per heavy atom. The normalized spacial score (nSPS) is 13.7. The molecule has 1 heterocycles. The highest BCUT2D eigenvalue weighted by atomic mass is 79.9. The third-order valence-corrected chi connectivity index (χ3v) is 7.17. The molecule has 0 aliphatic heterocycles. The lowest BCUT2D eigenvalue weighted by atomic mass is 9.85. The summed E-state index contributed by atoms with van der Waals surface area (Å²) in [6.45, 7) is 1.89. The molecule has 0 bridgehead atoms. The van der Waals surface area contributed by atoms with Crippen LogP contribution in [0.4, 0.5) is 0 Å². The topological polar surface area (TPSA) is 72.2 Å². The van der Waals surface area contributed by atoms with Crippen LogP contribution in [0.25, 0.3) is 0 Å². The Hall–Kier alpha value is -2.74. The van der Waals surface area contributed by atoms with Crippen LogP contribution in [0, 0.1) is 6.92 Å². The van der Waals surface area contributed by atoms with E-state index >= 15 is 0 Å². The van der Waals surface area contributed by atoms with Gasteiger partial charge in [0.25, 0.3) is 10.0 Å². The Bertz CT molecular complexity index is 1270. The van der Waals surface area contributed by atoms with E-state index < -0.39 is 15.6 Å². The lowest BCUT2D eigenvalue weighted by Crippen LogP contribution is -2.34. The zero-order valence-electron chi connectivity index (χ0n) is 16.1. The molecule has 1 aromatic heterocycles. The standard InChI is InChI=1S/C23H19BrN2O3S/c1-17-7-13-21(14-8-17)30(28,29)26-16-15-25-22(26)23(27,18-5-3-2-4-6-18)19-9-11-20(24)12-10-19/h2-16,27H,1H3/t23-/m0/s1. The molecule has 4 rings (SSSR count). The number of aliphatic hydroxyl groups is 1. The average molecular weight is 483 g/mol. The molecular formula is C23H19BrN2O3S. The zero-order chi connectivity index (χ0) is 21.4. The number of imidazole rings is 1. The van der Waals surface area contributed by atoms with Gasteiger partial charge in [0.15, 0.2) is 11.4 Å². The highest BCUT2D eigenvalue weighted by Crippen LogP contribution is 2.37. The van der Waals surface area contributed by atoms with E-state index in [-0.39, 0.29) is 10.7 Å². The van der Waals surface area contributed by atoms with Crippen LogP contribution in [-0.2, 0) is 15.6 Å². The molecule has 0 saturated heterocycles. The number of rotatable bonds is 5. The molecule has 4 aromatic rings. The summed E-state index contributed by atoms with van der Waals surface area (Å²) in [4.78, 5) is 4.42. The van der Waals surface area contributed by atoms with Crippen molar-refractivity contribution >= 4 is 26.0 Å². The second-order valence-corrected chi connectivity index (χ2v) is 9.68. The van der Waals surface area contributed by atoms with Crippen LogP contribution in [0.3, 0.4) is 0 Å². The van der Waals surface area contributed by atoms with Gasteiger partial charge in [0.2, 0.25) is 0 Å². The van der Waals surface area contributed by atoms with Gasteiger partial charge < -0.3 is 5.11 Å². The molecule has 0 saturated carbocycles. The lowest BCUT2D eigenvalue weighted by Gasteiger charge is -2.29. The van der Waals surface area contributed by atoms with Gasteiger partial charge in [-0.1, -0.05) is 76.1 Å². The SMILES string of the molecule is Cc1ccc(S(=O)(=O)n2ccnc2[C@](O)(c2ccccc2)c2ccc(Br)cc2)cc1. The summed E-state index contributed by atoms with van der Waals surface area (Å²) in [5.41, 5.74) is 0.196. The fraction of sp³-hybridized carbons (Fsp3) is 0.0870. The summed E-state index contributed by atoms with van der Waals surface area (Å²) < 4.78 is 28.7. The highest BCUT2D eigenvalue weighted by molar-refractivity contribution is 9.10. The minimum Gasteiger partial charge on any atom is -0.373 e. The minimum atomic E-state index is -3.97. The summed E-state index contributed by atoms with van der Waals surface area (Å²) in [5, 5.41) is 12.0. The predicted molar refractivity (Wildman–Crippen MR) is 119 cm³/mol. The molecule has 7 heteroatoms. The molecule has 0 radical (unpaired) electrons. The first-order valence-corrected chi connectivity index (χ1v) is 11.5. The molecule has 1 N–H and O–H groups in total. The van der Waals surface area contributed by atoms with Gasteiger partial charge in [0.05, 0.1) is 4.90 Å². The van der Waals surface area contributed by atoms with Crippen LogP contribution < -0.4 is 0 Å². The van der Waals surface area contributed by atoms with Crippen molar-refractivity contribution in [2.75, 3.05) is 0 Å². The first-order chi connectivity index (χ1) is 14.3. The monoisotopic (exact) mass is 482 g/mol. The van der Waals surface area contributed by atoms with Gasteiger partial charge in [0.1, 0.15) is 0 Å². The summed E-state index contributed by atoms with van der Waals surface area (Å²) in [6.07, 6.45) is 2.74. The van der Waals surface area contributed by atoms with Gasteiger partial charge in [-0.25, -0.2) is 17.4 Å². The average Bonchev–Trinajstić information content (AvgIpc) is 3.26. The molecular weight excluding hydrogens is 464 g/mol. The van der Waals surface area contributed by atoms with E-state index in [2.05, 4.69) is 20.9 Å². The van der Waals surface area contributed by atoms with E-state index in [9.17, 15) is 13.5 Å². The second-order valence-electron chi connectivity index (χ2n) is 6.95. The molecule has 0 spiro atoms. The van der Waals surface area contributed by atoms with E-state index in [0.29, 0.717) is 11.1 Å². The maximum absolute atomic E-state index is 13.4. The smallest absolute Gasteiger partial charge is 0.269 e. The number of hydrogen-bond donors (Lipinski definition) is 1. The summed E-state index contributed by atoms with van der Waals surface area (Å²) in [7, 11) is -3.97. The van der Waals surface area contributed by atoms with Crippen molar-refractivity contribution in [1.29, 1.82) is 0 Å².